The number of hydrogen-bond donors (Lipinski definition) is 2. The zero-order valence-electron chi connectivity index (χ0n) is 8.06. The molecular weight excluding hydrogens is 194 g/mol. The van der Waals surface area contributed by atoms with E-state index in [1.165, 1.54) is 0 Å². The van der Waals surface area contributed by atoms with E-state index >= 15 is 0 Å². The Morgan fingerprint density at radius 1 is 1.33 bits per heavy atom. The predicted octanol–water partition coefficient (Wildman–Crippen LogP) is 0.299. The van der Waals surface area contributed by atoms with Gasteiger partial charge in [0.05, 0.1) is 0 Å². The molecule has 78 valence electrons. The molecule has 1 fully saturated rings. The summed E-state index contributed by atoms with van der Waals surface area (Å²) in [6.07, 6.45) is 4.21. The normalized spacial score (nSPS) is 20.9. The minimum atomic E-state index is -0.329. The zero-order valence-corrected chi connectivity index (χ0v) is 8.06. The third-order valence-corrected chi connectivity index (χ3v) is 2.26. The fraction of sp³-hybridized carbons (Fsp3) is 0.300. The van der Waals surface area contributed by atoms with Crippen LogP contribution in [0.2, 0.25) is 0 Å². The number of piperidine rings is 1. The van der Waals surface area contributed by atoms with E-state index in [0.717, 1.165) is 5.69 Å². The first-order chi connectivity index (χ1) is 7.25. The van der Waals surface area contributed by atoms with E-state index in [4.69, 9.17) is 0 Å². The molecule has 2 heterocycles. The van der Waals surface area contributed by atoms with Crippen LogP contribution in [-0.4, -0.2) is 22.8 Å². The molecule has 2 N–H and O–H groups in total. The first-order valence-corrected chi connectivity index (χ1v) is 4.76. The fourth-order valence-electron chi connectivity index (χ4n) is 1.48. The van der Waals surface area contributed by atoms with Crippen molar-refractivity contribution in [2.75, 3.05) is 5.32 Å². The summed E-state index contributed by atoms with van der Waals surface area (Å²) in [6, 6.07) is 3.23. The molecular formula is C10H11N3O2. The lowest BCUT2D eigenvalue weighted by molar-refractivity contribution is -0.133. The van der Waals surface area contributed by atoms with E-state index in [9.17, 15) is 9.59 Å². The van der Waals surface area contributed by atoms with Crippen molar-refractivity contribution >= 4 is 17.5 Å². The number of nitrogens with zero attached hydrogens (tertiary/aromatic N) is 1. The SMILES string of the molecule is O=C1CCC(Nc2ccncc2)C(=O)N1. The summed E-state index contributed by atoms with van der Waals surface area (Å²) in [4.78, 5) is 26.2. The maximum absolute atomic E-state index is 11.4. The van der Waals surface area contributed by atoms with Gasteiger partial charge in [-0.1, -0.05) is 0 Å². The van der Waals surface area contributed by atoms with E-state index in [1.54, 1.807) is 24.5 Å². The minimum absolute atomic E-state index is 0.201. The molecule has 5 nitrogen and oxygen atoms in total. The molecule has 1 aromatic heterocycles. The standard InChI is InChI=1S/C10H11N3O2/c14-9-2-1-8(10(15)13-9)12-7-3-5-11-6-4-7/h3-6,8H,1-2H2,(H,11,12)(H,13,14,15). The predicted molar refractivity (Wildman–Crippen MR) is 54.0 cm³/mol. The lowest BCUT2D eigenvalue weighted by atomic mass is 10.1. The maximum Gasteiger partial charge on any atom is 0.249 e. The van der Waals surface area contributed by atoms with Crippen LogP contribution >= 0.6 is 0 Å². The van der Waals surface area contributed by atoms with Crippen LogP contribution in [0.4, 0.5) is 5.69 Å². The highest BCUT2D eigenvalue weighted by Gasteiger charge is 2.25. The number of hydrogen-bond acceptors (Lipinski definition) is 4. The number of carbonyl (C=O) groups is 2. The topological polar surface area (TPSA) is 71.1 Å². The Hall–Kier alpha value is -1.91. The van der Waals surface area contributed by atoms with Gasteiger partial charge in [0, 0.05) is 24.5 Å². The van der Waals surface area contributed by atoms with Crippen LogP contribution < -0.4 is 10.6 Å². The van der Waals surface area contributed by atoms with Gasteiger partial charge in [0.25, 0.3) is 0 Å². The number of nitrogens with one attached hydrogen (secondary N) is 2. The first-order valence-electron chi connectivity index (χ1n) is 4.76. The molecule has 0 radical (unpaired) electrons. The Labute approximate surface area is 86.9 Å². The minimum Gasteiger partial charge on any atom is -0.374 e. The van der Waals surface area contributed by atoms with Gasteiger partial charge < -0.3 is 5.32 Å². The van der Waals surface area contributed by atoms with Crippen LogP contribution in [0.25, 0.3) is 0 Å². The Morgan fingerprint density at radius 3 is 2.73 bits per heavy atom. The Bertz CT molecular complexity index is 378. The summed E-state index contributed by atoms with van der Waals surface area (Å²) in [7, 11) is 0. The zero-order chi connectivity index (χ0) is 10.7. The molecule has 15 heavy (non-hydrogen) atoms. The van der Waals surface area contributed by atoms with Crippen LogP contribution in [0.5, 0.6) is 0 Å². The van der Waals surface area contributed by atoms with Gasteiger partial charge in [0.15, 0.2) is 0 Å². The van der Waals surface area contributed by atoms with Crippen molar-refractivity contribution in [1.82, 2.24) is 10.3 Å². The number of aromatic nitrogens is 1. The molecule has 0 aromatic carbocycles. The molecule has 1 saturated heterocycles. The summed E-state index contributed by atoms with van der Waals surface area (Å²) in [5.41, 5.74) is 0.833. The molecule has 0 bridgehead atoms. The lowest BCUT2D eigenvalue weighted by Crippen LogP contribution is -2.47. The van der Waals surface area contributed by atoms with Gasteiger partial charge in [0.2, 0.25) is 11.8 Å². The van der Waals surface area contributed by atoms with Gasteiger partial charge in [0.1, 0.15) is 6.04 Å². The van der Waals surface area contributed by atoms with Crippen molar-refractivity contribution in [3.8, 4) is 0 Å². The number of rotatable bonds is 2. The number of pyridine rings is 1. The van der Waals surface area contributed by atoms with Crippen molar-refractivity contribution in [2.45, 2.75) is 18.9 Å². The second-order valence-electron chi connectivity index (χ2n) is 3.38. The second-order valence-corrected chi connectivity index (χ2v) is 3.38. The maximum atomic E-state index is 11.4. The molecule has 2 rings (SSSR count). The third kappa shape index (κ3) is 2.31. The molecule has 1 unspecified atom stereocenters. The largest absolute Gasteiger partial charge is 0.374 e. The number of amides is 2. The summed E-state index contributed by atoms with van der Waals surface area (Å²) in [5.74, 6) is -0.462. The molecule has 1 aliphatic heterocycles. The van der Waals surface area contributed by atoms with Gasteiger partial charge in [-0.3, -0.25) is 19.9 Å². The van der Waals surface area contributed by atoms with Gasteiger partial charge in [-0.25, -0.2) is 0 Å². The fourth-order valence-corrected chi connectivity index (χ4v) is 1.48. The summed E-state index contributed by atoms with van der Waals surface area (Å²) < 4.78 is 0. The van der Waals surface area contributed by atoms with Gasteiger partial charge in [-0.2, -0.15) is 0 Å². The van der Waals surface area contributed by atoms with Crippen LogP contribution in [0.1, 0.15) is 12.8 Å². The van der Waals surface area contributed by atoms with Crippen molar-refractivity contribution in [3.05, 3.63) is 24.5 Å². The van der Waals surface area contributed by atoms with Crippen molar-refractivity contribution in [1.29, 1.82) is 0 Å². The van der Waals surface area contributed by atoms with Crippen molar-refractivity contribution in [3.63, 3.8) is 0 Å². The van der Waals surface area contributed by atoms with E-state index in [-0.39, 0.29) is 17.9 Å². The van der Waals surface area contributed by atoms with Gasteiger partial charge in [-0.15, -0.1) is 0 Å². The summed E-state index contributed by atoms with van der Waals surface area (Å²) in [5, 5.41) is 5.34. The van der Waals surface area contributed by atoms with Crippen molar-refractivity contribution < 1.29 is 9.59 Å². The molecule has 0 spiro atoms. The first kappa shape index (κ1) is 9.64. The highest BCUT2D eigenvalue weighted by atomic mass is 16.2. The summed E-state index contributed by atoms with van der Waals surface area (Å²) >= 11 is 0. The second kappa shape index (κ2) is 4.08. The highest BCUT2D eigenvalue weighted by molar-refractivity contribution is 6.01. The Balaban J connectivity index is 2.01. The number of imide groups is 1. The Morgan fingerprint density at radius 2 is 2.07 bits per heavy atom. The van der Waals surface area contributed by atoms with Crippen LogP contribution in [0.15, 0.2) is 24.5 Å². The highest BCUT2D eigenvalue weighted by Crippen LogP contribution is 2.12. The molecule has 5 heteroatoms. The number of anilines is 1. The average molecular weight is 205 g/mol. The lowest BCUT2D eigenvalue weighted by Gasteiger charge is -2.22. The van der Waals surface area contributed by atoms with Gasteiger partial charge in [-0.05, 0) is 18.6 Å². The van der Waals surface area contributed by atoms with Gasteiger partial charge >= 0.3 is 0 Å². The monoisotopic (exact) mass is 205 g/mol. The van der Waals surface area contributed by atoms with E-state index in [1.807, 2.05) is 0 Å². The molecule has 0 aliphatic carbocycles. The van der Waals surface area contributed by atoms with Crippen LogP contribution in [0.3, 0.4) is 0 Å². The molecule has 0 saturated carbocycles. The molecule has 1 aromatic rings. The average Bonchev–Trinajstić information content (AvgIpc) is 2.24. The molecule has 1 atom stereocenters. The Kier molecular flexibility index (Phi) is 2.62. The van der Waals surface area contributed by atoms with E-state index < -0.39 is 0 Å². The molecule has 1 aliphatic rings. The summed E-state index contributed by atoms with van der Waals surface area (Å²) in [6.45, 7) is 0. The smallest absolute Gasteiger partial charge is 0.249 e. The number of carbonyl (C=O) groups excluding carboxylic acids is 2. The quantitative estimate of drug-likeness (QED) is 0.681. The molecule has 2 amide bonds. The van der Waals surface area contributed by atoms with E-state index in [2.05, 4.69) is 15.6 Å². The van der Waals surface area contributed by atoms with E-state index in [0.29, 0.717) is 12.8 Å². The van der Waals surface area contributed by atoms with Crippen LogP contribution in [0, 0.1) is 0 Å². The van der Waals surface area contributed by atoms with Crippen molar-refractivity contribution in [2.24, 2.45) is 0 Å². The van der Waals surface area contributed by atoms with Crippen LogP contribution in [-0.2, 0) is 9.59 Å². The third-order valence-electron chi connectivity index (χ3n) is 2.26.